The number of hydrogen-bond acceptors (Lipinski definition) is 5. The number of methoxy groups -OCH3 is 1. The first-order valence-corrected chi connectivity index (χ1v) is 9.94. The molecule has 0 aliphatic rings. The number of benzene rings is 2. The second-order valence-electron chi connectivity index (χ2n) is 6.46. The molecule has 0 saturated carbocycles. The van der Waals surface area contributed by atoms with Gasteiger partial charge in [0.2, 0.25) is 0 Å². The number of aromatic amines is 1. The minimum atomic E-state index is 0.393. The molecule has 0 unspecified atom stereocenters. The van der Waals surface area contributed by atoms with Crippen molar-refractivity contribution in [1.82, 2.24) is 15.0 Å². The van der Waals surface area contributed by atoms with Crippen LogP contribution in [0.3, 0.4) is 0 Å². The Morgan fingerprint density at radius 1 is 1.17 bits per heavy atom. The predicted molar refractivity (Wildman–Crippen MR) is 119 cm³/mol. The van der Waals surface area contributed by atoms with E-state index in [0.29, 0.717) is 35.2 Å². The maximum Gasteiger partial charge on any atom is 0.178 e. The number of hydrogen-bond donors (Lipinski definition) is 1. The number of rotatable bonds is 6. The van der Waals surface area contributed by atoms with Crippen molar-refractivity contribution in [2.45, 2.75) is 6.61 Å². The molecule has 2 aromatic heterocycles. The minimum Gasteiger partial charge on any atom is -0.493 e. The van der Waals surface area contributed by atoms with Crippen LogP contribution in [0.15, 0.2) is 65.3 Å². The Morgan fingerprint density at radius 2 is 2.00 bits per heavy atom. The molecular formula is C23H17BrN4O2. The third kappa shape index (κ3) is 4.34. The first kappa shape index (κ1) is 19.7. The number of allylic oxidation sites excluding steroid dienone is 1. The van der Waals surface area contributed by atoms with Gasteiger partial charge in [0.1, 0.15) is 12.7 Å². The second-order valence-corrected chi connectivity index (χ2v) is 7.38. The van der Waals surface area contributed by atoms with Gasteiger partial charge in [-0.3, -0.25) is 0 Å². The lowest BCUT2D eigenvalue weighted by Gasteiger charge is -2.11. The molecule has 30 heavy (non-hydrogen) atoms. The molecule has 0 saturated heterocycles. The van der Waals surface area contributed by atoms with E-state index in [1.54, 1.807) is 19.4 Å². The van der Waals surface area contributed by atoms with Crippen LogP contribution in [-0.2, 0) is 6.61 Å². The second kappa shape index (κ2) is 8.80. The standard InChI is InChI=1S/C23H17BrN4O2/c1-29-21-10-16(7-8-20(21)30-14-15-5-3-2-4-6-15)9-17(12-25)22-27-19-11-18(24)13-26-23(19)28-22/h2-11,13H,14H2,1H3,(H,26,27,28). The monoisotopic (exact) mass is 460 g/mol. The van der Waals surface area contributed by atoms with Crippen molar-refractivity contribution in [1.29, 1.82) is 5.26 Å². The van der Waals surface area contributed by atoms with Crippen LogP contribution in [-0.4, -0.2) is 22.1 Å². The molecule has 0 spiro atoms. The molecule has 6 nitrogen and oxygen atoms in total. The molecule has 0 fully saturated rings. The van der Waals surface area contributed by atoms with Gasteiger partial charge in [-0.1, -0.05) is 36.4 Å². The molecule has 0 aliphatic heterocycles. The van der Waals surface area contributed by atoms with E-state index in [1.807, 2.05) is 54.6 Å². The van der Waals surface area contributed by atoms with Gasteiger partial charge in [-0.25, -0.2) is 9.97 Å². The number of nitrogens with one attached hydrogen (secondary N) is 1. The molecule has 148 valence electrons. The van der Waals surface area contributed by atoms with Crippen molar-refractivity contribution >= 4 is 38.7 Å². The summed E-state index contributed by atoms with van der Waals surface area (Å²) in [6.45, 7) is 0.442. The maximum absolute atomic E-state index is 9.65. The quantitative estimate of drug-likeness (QED) is 0.390. The highest BCUT2D eigenvalue weighted by molar-refractivity contribution is 9.10. The van der Waals surface area contributed by atoms with Crippen LogP contribution in [0, 0.1) is 11.3 Å². The molecule has 2 aromatic carbocycles. The van der Waals surface area contributed by atoms with Gasteiger partial charge in [0.05, 0.1) is 18.2 Å². The zero-order chi connectivity index (χ0) is 20.9. The van der Waals surface area contributed by atoms with Gasteiger partial charge in [-0.2, -0.15) is 5.26 Å². The number of fused-ring (bicyclic) bond motifs is 1. The summed E-state index contributed by atoms with van der Waals surface area (Å²) in [5.74, 6) is 1.68. The van der Waals surface area contributed by atoms with E-state index < -0.39 is 0 Å². The van der Waals surface area contributed by atoms with Crippen LogP contribution in [0.25, 0.3) is 22.8 Å². The van der Waals surface area contributed by atoms with Gasteiger partial charge in [0, 0.05) is 10.7 Å². The largest absolute Gasteiger partial charge is 0.493 e. The lowest BCUT2D eigenvalue weighted by molar-refractivity contribution is 0.284. The van der Waals surface area contributed by atoms with E-state index in [9.17, 15) is 5.26 Å². The zero-order valence-corrected chi connectivity index (χ0v) is 17.7. The normalized spacial score (nSPS) is 11.3. The van der Waals surface area contributed by atoms with Gasteiger partial charge in [-0.05, 0) is 51.3 Å². The fourth-order valence-corrected chi connectivity index (χ4v) is 3.28. The number of nitriles is 1. The van der Waals surface area contributed by atoms with Gasteiger partial charge < -0.3 is 14.5 Å². The molecule has 4 aromatic rings. The molecule has 4 rings (SSSR count). The highest BCUT2D eigenvalue weighted by Crippen LogP contribution is 2.30. The van der Waals surface area contributed by atoms with Crippen LogP contribution in [0.1, 0.15) is 17.0 Å². The lowest BCUT2D eigenvalue weighted by atomic mass is 10.1. The van der Waals surface area contributed by atoms with Crippen molar-refractivity contribution in [3.05, 3.63) is 82.2 Å². The number of aromatic nitrogens is 3. The molecule has 2 heterocycles. The van der Waals surface area contributed by atoms with E-state index in [4.69, 9.17) is 9.47 Å². The fraction of sp³-hybridized carbons (Fsp3) is 0.0870. The van der Waals surface area contributed by atoms with E-state index >= 15 is 0 Å². The summed E-state index contributed by atoms with van der Waals surface area (Å²) in [5.41, 5.74) is 3.56. The average Bonchev–Trinajstić information content (AvgIpc) is 3.20. The molecule has 0 amide bonds. The van der Waals surface area contributed by atoms with Crippen molar-refractivity contribution in [3.63, 3.8) is 0 Å². The number of pyridine rings is 1. The Kier molecular flexibility index (Phi) is 5.77. The van der Waals surface area contributed by atoms with E-state index in [1.165, 1.54) is 0 Å². The summed E-state index contributed by atoms with van der Waals surface area (Å²) in [6, 6.07) is 19.5. The minimum absolute atomic E-state index is 0.393. The van der Waals surface area contributed by atoms with Gasteiger partial charge >= 0.3 is 0 Å². The Hall–Kier alpha value is -3.63. The molecule has 7 heteroatoms. The van der Waals surface area contributed by atoms with Crippen molar-refractivity contribution < 1.29 is 9.47 Å². The molecule has 0 bridgehead atoms. The van der Waals surface area contributed by atoms with Crippen LogP contribution >= 0.6 is 15.9 Å². The smallest absolute Gasteiger partial charge is 0.178 e. The Labute approximate surface area is 181 Å². The van der Waals surface area contributed by atoms with Gasteiger partial charge in [0.25, 0.3) is 0 Å². The Bertz CT molecular complexity index is 1260. The number of nitrogens with zero attached hydrogens (tertiary/aromatic N) is 3. The summed E-state index contributed by atoms with van der Waals surface area (Å²) in [7, 11) is 1.59. The third-order valence-corrected chi connectivity index (χ3v) is 4.85. The number of halogens is 1. The highest BCUT2D eigenvalue weighted by atomic mass is 79.9. The van der Waals surface area contributed by atoms with E-state index in [-0.39, 0.29) is 0 Å². The van der Waals surface area contributed by atoms with Crippen molar-refractivity contribution in [2.75, 3.05) is 7.11 Å². The molecular weight excluding hydrogens is 444 g/mol. The third-order valence-electron chi connectivity index (χ3n) is 4.42. The van der Waals surface area contributed by atoms with E-state index in [2.05, 4.69) is 37.0 Å². The predicted octanol–water partition coefficient (Wildman–Crippen LogP) is 5.37. The zero-order valence-electron chi connectivity index (χ0n) is 16.1. The fourth-order valence-electron chi connectivity index (χ4n) is 2.95. The summed E-state index contributed by atoms with van der Waals surface area (Å²) < 4.78 is 12.2. The van der Waals surface area contributed by atoms with Gasteiger partial charge in [-0.15, -0.1) is 0 Å². The Morgan fingerprint density at radius 3 is 2.77 bits per heavy atom. The van der Waals surface area contributed by atoms with Crippen LogP contribution < -0.4 is 9.47 Å². The van der Waals surface area contributed by atoms with Crippen molar-refractivity contribution in [2.24, 2.45) is 0 Å². The van der Waals surface area contributed by atoms with Crippen LogP contribution in [0.5, 0.6) is 11.5 Å². The number of imidazole rings is 1. The summed E-state index contributed by atoms with van der Waals surface area (Å²) in [6.07, 6.45) is 3.41. The topological polar surface area (TPSA) is 83.8 Å². The summed E-state index contributed by atoms with van der Waals surface area (Å²) >= 11 is 3.38. The molecule has 1 N–H and O–H groups in total. The lowest BCUT2D eigenvalue weighted by Crippen LogP contribution is -1.97. The SMILES string of the molecule is COc1cc(C=C(C#N)c2nc3ncc(Br)cc3[nH]2)ccc1OCc1ccccc1. The van der Waals surface area contributed by atoms with E-state index in [0.717, 1.165) is 21.1 Å². The van der Waals surface area contributed by atoms with Crippen LogP contribution in [0.2, 0.25) is 0 Å². The first-order valence-electron chi connectivity index (χ1n) is 9.14. The van der Waals surface area contributed by atoms with Crippen molar-refractivity contribution in [3.8, 4) is 17.6 Å². The average molecular weight is 461 g/mol. The van der Waals surface area contributed by atoms with Crippen LogP contribution in [0.4, 0.5) is 0 Å². The van der Waals surface area contributed by atoms with Gasteiger partial charge in [0.15, 0.2) is 23.0 Å². The maximum atomic E-state index is 9.65. The molecule has 0 radical (unpaired) electrons. The Balaban J connectivity index is 1.60. The highest BCUT2D eigenvalue weighted by Gasteiger charge is 2.11. The number of ether oxygens (including phenoxy) is 2. The molecule has 0 atom stereocenters. The summed E-state index contributed by atoms with van der Waals surface area (Å²) in [5, 5.41) is 9.65. The first-order chi connectivity index (χ1) is 14.7. The number of H-pyrrole nitrogens is 1. The summed E-state index contributed by atoms with van der Waals surface area (Å²) in [4.78, 5) is 11.8. The molecule has 0 aliphatic carbocycles.